The molecule has 0 amide bonds. The van der Waals surface area contributed by atoms with Crippen LogP contribution in [-0.2, 0) is 11.3 Å². The lowest BCUT2D eigenvalue weighted by atomic mass is 10.0. The molecule has 1 aromatic heterocycles. The molecule has 4 rings (SSSR count). The maximum Gasteiger partial charge on any atom is 0.193 e. The van der Waals surface area contributed by atoms with Crippen LogP contribution in [0, 0.1) is 6.92 Å². The summed E-state index contributed by atoms with van der Waals surface area (Å²) >= 11 is 6.18. The van der Waals surface area contributed by atoms with Gasteiger partial charge in [0.1, 0.15) is 17.1 Å². The third-order valence-electron chi connectivity index (χ3n) is 3.82. The van der Waals surface area contributed by atoms with Gasteiger partial charge in [-0.2, -0.15) is 0 Å². The van der Waals surface area contributed by atoms with Crippen LogP contribution in [0.5, 0.6) is 5.75 Å². The second-order valence-electron chi connectivity index (χ2n) is 5.53. The summed E-state index contributed by atoms with van der Waals surface area (Å²) in [6.45, 7) is 2.53. The van der Waals surface area contributed by atoms with E-state index in [0.717, 1.165) is 11.1 Å². The summed E-state index contributed by atoms with van der Waals surface area (Å²) in [4.78, 5) is 12.4. The Labute approximate surface area is 137 Å². The van der Waals surface area contributed by atoms with Crippen LogP contribution in [0.1, 0.15) is 11.1 Å². The second kappa shape index (κ2) is 5.41. The fourth-order valence-electron chi connectivity index (χ4n) is 2.76. The van der Waals surface area contributed by atoms with E-state index in [1.807, 2.05) is 19.1 Å². The highest BCUT2D eigenvalue weighted by atomic mass is 35.5. The van der Waals surface area contributed by atoms with E-state index in [1.54, 1.807) is 18.2 Å². The third kappa shape index (κ3) is 2.50. The molecule has 0 unspecified atom stereocenters. The van der Waals surface area contributed by atoms with Crippen LogP contribution in [-0.4, -0.2) is 6.79 Å². The number of ether oxygens (including phenoxy) is 2. The molecule has 23 heavy (non-hydrogen) atoms. The van der Waals surface area contributed by atoms with Crippen molar-refractivity contribution >= 4 is 22.6 Å². The molecule has 2 aromatic carbocycles. The highest BCUT2D eigenvalue weighted by Crippen LogP contribution is 2.38. The van der Waals surface area contributed by atoms with Gasteiger partial charge in [-0.05, 0) is 36.8 Å². The van der Waals surface area contributed by atoms with E-state index in [-0.39, 0.29) is 12.2 Å². The minimum Gasteiger partial charge on any atom is -0.466 e. The quantitative estimate of drug-likeness (QED) is 0.668. The van der Waals surface area contributed by atoms with E-state index in [2.05, 4.69) is 0 Å². The molecule has 0 aliphatic carbocycles. The Morgan fingerprint density at radius 1 is 1.13 bits per heavy atom. The average molecular weight is 329 g/mol. The highest BCUT2D eigenvalue weighted by Gasteiger charge is 2.20. The van der Waals surface area contributed by atoms with Crippen molar-refractivity contribution < 1.29 is 13.9 Å². The minimum absolute atomic E-state index is 0.0953. The molecule has 0 atom stereocenters. The van der Waals surface area contributed by atoms with Crippen LogP contribution in [0.4, 0.5) is 0 Å². The molecular formula is C18H13ClO4. The second-order valence-corrected chi connectivity index (χ2v) is 5.96. The van der Waals surface area contributed by atoms with Crippen LogP contribution >= 0.6 is 11.6 Å². The Bertz CT molecular complexity index is 975. The zero-order valence-electron chi connectivity index (χ0n) is 12.4. The first-order valence-corrected chi connectivity index (χ1v) is 7.57. The Balaban J connectivity index is 1.99. The first-order chi connectivity index (χ1) is 11.1. The van der Waals surface area contributed by atoms with E-state index < -0.39 is 0 Å². The zero-order chi connectivity index (χ0) is 16.0. The lowest BCUT2D eigenvalue weighted by Crippen LogP contribution is -2.12. The predicted molar refractivity (Wildman–Crippen MR) is 88.0 cm³/mol. The van der Waals surface area contributed by atoms with Crippen molar-refractivity contribution in [1.82, 2.24) is 0 Å². The number of hydrogen-bond acceptors (Lipinski definition) is 4. The summed E-state index contributed by atoms with van der Waals surface area (Å²) in [5, 5.41) is 1.10. The fraction of sp³-hybridized carbons (Fsp3) is 0.167. The molecule has 0 saturated heterocycles. The van der Waals surface area contributed by atoms with Crippen molar-refractivity contribution in [2.24, 2.45) is 0 Å². The number of benzene rings is 2. The lowest BCUT2D eigenvalue weighted by Gasteiger charge is -2.20. The van der Waals surface area contributed by atoms with Crippen LogP contribution < -0.4 is 10.2 Å². The van der Waals surface area contributed by atoms with Gasteiger partial charge >= 0.3 is 0 Å². The van der Waals surface area contributed by atoms with Gasteiger partial charge < -0.3 is 13.9 Å². The van der Waals surface area contributed by atoms with E-state index in [0.29, 0.717) is 39.7 Å². The summed E-state index contributed by atoms with van der Waals surface area (Å²) in [6, 6.07) is 10.5. The molecule has 1 aliphatic rings. The van der Waals surface area contributed by atoms with Gasteiger partial charge in [0.25, 0.3) is 0 Å². The lowest BCUT2D eigenvalue weighted by molar-refractivity contribution is -0.0159. The van der Waals surface area contributed by atoms with Crippen molar-refractivity contribution in [3.8, 4) is 17.1 Å². The van der Waals surface area contributed by atoms with Crippen molar-refractivity contribution in [2.45, 2.75) is 13.5 Å². The molecule has 0 N–H and O–H groups in total. The Kier molecular flexibility index (Phi) is 3.36. The first kappa shape index (κ1) is 14.3. The van der Waals surface area contributed by atoms with Gasteiger partial charge in [-0.1, -0.05) is 17.7 Å². The summed E-state index contributed by atoms with van der Waals surface area (Å²) in [5.41, 5.74) is 2.98. The van der Waals surface area contributed by atoms with Crippen LogP contribution in [0.15, 0.2) is 45.6 Å². The van der Waals surface area contributed by atoms with Gasteiger partial charge in [0.15, 0.2) is 12.2 Å². The van der Waals surface area contributed by atoms with Crippen LogP contribution in [0.3, 0.4) is 0 Å². The number of hydrogen-bond donors (Lipinski definition) is 0. The zero-order valence-corrected chi connectivity index (χ0v) is 13.1. The molecule has 3 aromatic rings. The van der Waals surface area contributed by atoms with E-state index in [4.69, 9.17) is 25.5 Å². The maximum absolute atomic E-state index is 12.4. The molecule has 1 aliphatic heterocycles. The highest BCUT2D eigenvalue weighted by molar-refractivity contribution is 6.31. The number of fused-ring (bicyclic) bond motifs is 2. The predicted octanol–water partition coefficient (Wildman–Crippen LogP) is 4.29. The van der Waals surface area contributed by atoms with Crippen molar-refractivity contribution in [3.05, 3.63) is 62.8 Å². The summed E-state index contributed by atoms with van der Waals surface area (Å²) in [6.07, 6.45) is 0. The fourth-order valence-corrected chi connectivity index (χ4v) is 3.00. The first-order valence-electron chi connectivity index (χ1n) is 7.20. The van der Waals surface area contributed by atoms with Crippen molar-refractivity contribution in [3.63, 3.8) is 0 Å². The molecule has 5 heteroatoms. The Morgan fingerprint density at radius 3 is 2.87 bits per heavy atom. The molecule has 0 fully saturated rings. The van der Waals surface area contributed by atoms with Crippen molar-refractivity contribution in [2.75, 3.05) is 6.79 Å². The van der Waals surface area contributed by atoms with Gasteiger partial charge in [0, 0.05) is 16.7 Å². The monoisotopic (exact) mass is 328 g/mol. The standard InChI is InChI=1S/C18H13ClO4/c1-10-2-3-13-15(20)7-17(23-16(13)4-10)14-6-12(19)5-11-8-21-9-22-18(11)14/h2-7H,8-9H2,1H3. The number of rotatable bonds is 1. The summed E-state index contributed by atoms with van der Waals surface area (Å²) in [5.74, 6) is 1.09. The summed E-state index contributed by atoms with van der Waals surface area (Å²) in [7, 11) is 0. The van der Waals surface area contributed by atoms with E-state index in [1.165, 1.54) is 6.07 Å². The van der Waals surface area contributed by atoms with Crippen LogP contribution in [0.2, 0.25) is 5.02 Å². The average Bonchev–Trinajstić information content (AvgIpc) is 2.53. The largest absolute Gasteiger partial charge is 0.466 e. The number of aryl methyl sites for hydroxylation is 1. The molecule has 0 bridgehead atoms. The molecule has 0 radical (unpaired) electrons. The summed E-state index contributed by atoms with van der Waals surface area (Å²) < 4.78 is 16.8. The minimum atomic E-state index is -0.0953. The molecule has 116 valence electrons. The number of halogens is 1. The molecular weight excluding hydrogens is 316 g/mol. The Hall–Kier alpha value is -2.30. The van der Waals surface area contributed by atoms with Crippen LogP contribution in [0.25, 0.3) is 22.3 Å². The van der Waals surface area contributed by atoms with Gasteiger partial charge in [-0.25, -0.2) is 0 Å². The van der Waals surface area contributed by atoms with Gasteiger partial charge in [0.2, 0.25) is 0 Å². The normalized spacial score (nSPS) is 13.7. The molecule has 4 nitrogen and oxygen atoms in total. The smallest absolute Gasteiger partial charge is 0.193 e. The van der Waals surface area contributed by atoms with Gasteiger partial charge in [-0.3, -0.25) is 4.79 Å². The SMILES string of the molecule is Cc1ccc2c(=O)cc(-c3cc(Cl)cc4c3OCOC4)oc2c1. The van der Waals surface area contributed by atoms with Gasteiger partial charge in [0.05, 0.1) is 17.6 Å². The third-order valence-corrected chi connectivity index (χ3v) is 4.04. The topological polar surface area (TPSA) is 48.7 Å². The van der Waals surface area contributed by atoms with Crippen molar-refractivity contribution in [1.29, 1.82) is 0 Å². The van der Waals surface area contributed by atoms with E-state index >= 15 is 0 Å². The maximum atomic E-state index is 12.4. The van der Waals surface area contributed by atoms with E-state index in [9.17, 15) is 4.79 Å². The Morgan fingerprint density at radius 2 is 2.00 bits per heavy atom. The molecule has 0 saturated carbocycles. The molecule has 0 spiro atoms. The van der Waals surface area contributed by atoms with Gasteiger partial charge in [-0.15, -0.1) is 0 Å². The molecule has 2 heterocycles.